The molecule has 6 N–H and O–H groups in total. The summed E-state index contributed by atoms with van der Waals surface area (Å²) in [5, 5.41) is 54.6. The van der Waals surface area contributed by atoms with E-state index < -0.39 is 49.5 Å². The van der Waals surface area contributed by atoms with Gasteiger partial charge in [0.2, 0.25) is 5.91 Å². The van der Waals surface area contributed by atoms with E-state index in [1.807, 2.05) is 0 Å². The predicted octanol–water partition coefficient (Wildman–Crippen LogP) is 17.1. The van der Waals surface area contributed by atoms with Gasteiger partial charge in [0, 0.05) is 6.42 Å². The van der Waals surface area contributed by atoms with Crippen LogP contribution in [0.1, 0.15) is 341 Å². The van der Waals surface area contributed by atoms with Crippen molar-refractivity contribution in [3.8, 4) is 0 Å². The third kappa shape index (κ3) is 43.9. The highest BCUT2D eigenvalue weighted by molar-refractivity contribution is 5.76. The normalized spacial score (nSPS) is 18.9. The average Bonchev–Trinajstić information content (AvgIpc) is 3.40. The average molecular weight is 1050 g/mol. The monoisotopic (exact) mass is 1050 g/mol. The van der Waals surface area contributed by atoms with Crippen LogP contribution in [0.25, 0.3) is 0 Å². The molecule has 440 valence electrons. The van der Waals surface area contributed by atoms with Crippen molar-refractivity contribution in [2.75, 3.05) is 13.2 Å². The van der Waals surface area contributed by atoms with E-state index in [1.165, 1.54) is 276 Å². The van der Waals surface area contributed by atoms with Gasteiger partial charge in [-0.25, -0.2) is 0 Å². The Morgan fingerprint density at radius 1 is 0.446 bits per heavy atom. The first-order valence-corrected chi connectivity index (χ1v) is 32.9. The molecule has 1 aliphatic heterocycles. The number of rotatable bonds is 58. The third-order valence-corrected chi connectivity index (χ3v) is 16.1. The van der Waals surface area contributed by atoms with Crippen molar-refractivity contribution >= 4 is 5.91 Å². The standard InChI is InChI=1S/C65H127NO8/c1-3-5-7-9-11-13-15-17-18-19-20-21-22-23-24-25-26-27-28-29-30-31-32-33-34-35-36-37-38-39-40-41-42-43-45-47-49-51-53-55-61(69)66-58(57-73-65-64(72)63(71)62(70)60(56-67)74-65)59(68)54-52-50-48-46-44-16-14-12-10-8-6-4-2/h29-30,58-60,62-65,67-68,70-72H,3-28,31-57H2,1-2H3,(H,66,69)/b30-29-. The number of aliphatic hydroxyl groups is 5. The van der Waals surface area contributed by atoms with Crippen LogP contribution in [0.15, 0.2) is 12.2 Å². The molecule has 0 radical (unpaired) electrons. The fraction of sp³-hybridized carbons (Fsp3) is 0.954. The Morgan fingerprint density at radius 3 is 1.09 bits per heavy atom. The van der Waals surface area contributed by atoms with Crippen LogP contribution in [0, 0.1) is 0 Å². The van der Waals surface area contributed by atoms with Gasteiger partial charge in [0.25, 0.3) is 0 Å². The van der Waals surface area contributed by atoms with Gasteiger partial charge in [-0.3, -0.25) is 4.79 Å². The van der Waals surface area contributed by atoms with E-state index in [9.17, 15) is 30.3 Å². The maximum atomic E-state index is 13.1. The fourth-order valence-electron chi connectivity index (χ4n) is 10.9. The Hall–Kier alpha value is -1.07. The number of unbranched alkanes of at least 4 members (excludes halogenated alkanes) is 46. The molecule has 1 heterocycles. The van der Waals surface area contributed by atoms with E-state index in [0.717, 1.165) is 38.5 Å². The van der Waals surface area contributed by atoms with Crippen LogP contribution in [0.3, 0.4) is 0 Å². The first-order chi connectivity index (χ1) is 36.3. The lowest BCUT2D eigenvalue weighted by Gasteiger charge is -2.40. The van der Waals surface area contributed by atoms with Crippen LogP contribution >= 0.6 is 0 Å². The Morgan fingerprint density at radius 2 is 0.757 bits per heavy atom. The number of carbonyl (C=O) groups excluding carboxylic acids is 1. The number of aliphatic hydroxyl groups excluding tert-OH is 5. The molecule has 0 spiro atoms. The van der Waals surface area contributed by atoms with E-state index >= 15 is 0 Å². The molecule has 9 heteroatoms. The molecular formula is C65H127NO8. The second-order valence-corrected chi connectivity index (χ2v) is 23.3. The van der Waals surface area contributed by atoms with E-state index in [4.69, 9.17) is 9.47 Å². The van der Waals surface area contributed by atoms with Crippen LogP contribution in [-0.2, 0) is 14.3 Å². The highest BCUT2D eigenvalue weighted by atomic mass is 16.7. The molecule has 1 aliphatic rings. The SMILES string of the molecule is CCCCCCCCCCCCCCCCCCCC/C=C\CCCCCCCCCCCCCCCCCCCC(=O)NC(COC1OC(CO)C(O)C(O)C1O)C(O)CCCCCCCCCCCCCC. The van der Waals surface area contributed by atoms with E-state index in [-0.39, 0.29) is 12.5 Å². The third-order valence-electron chi connectivity index (χ3n) is 16.1. The highest BCUT2D eigenvalue weighted by Gasteiger charge is 2.44. The quantitative estimate of drug-likeness (QED) is 0.0261. The molecule has 1 amide bonds. The fourth-order valence-corrected chi connectivity index (χ4v) is 10.9. The molecular weight excluding hydrogens is 923 g/mol. The number of carbonyl (C=O) groups is 1. The Bertz CT molecular complexity index is 1170. The maximum absolute atomic E-state index is 13.1. The molecule has 7 atom stereocenters. The maximum Gasteiger partial charge on any atom is 0.220 e. The topological polar surface area (TPSA) is 149 Å². The summed E-state index contributed by atoms with van der Waals surface area (Å²) < 4.78 is 11.3. The zero-order chi connectivity index (χ0) is 53.6. The van der Waals surface area contributed by atoms with Crippen molar-refractivity contribution in [1.29, 1.82) is 0 Å². The summed E-state index contributed by atoms with van der Waals surface area (Å²) in [6.07, 6.45) is 63.0. The molecule has 0 aromatic carbocycles. The van der Waals surface area contributed by atoms with Crippen LogP contribution < -0.4 is 5.32 Å². The molecule has 7 unspecified atom stereocenters. The van der Waals surface area contributed by atoms with Gasteiger partial charge in [-0.05, 0) is 38.5 Å². The number of hydrogen-bond donors (Lipinski definition) is 6. The van der Waals surface area contributed by atoms with Crippen molar-refractivity contribution in [2.45, 2.75) is 384 Å². The highest BCUT2D eigenvalue weighted by Crippen LogP contribution is 2.24. The summed E-state index contributed by atoms with van der Waals surface area (Å²) in [4.78, 5) is 13.1. The van der Waals surface area contributed by atoms with E-state index in [0.29, 0.717) is 12.8 Å². The minimum absolute atomic E-state index is 0.133. The van der Waals surface area contributed by atoms with Crippen molar-refractivity contribution in [1.82, 2.24) is 5.32 Å². The van der Waals surface area contributed by atoms with Gasteiger partial charge in [-0.2, -0.15) is 0 Å². The molecule has 0 aromatic rings. The lowest BCUT2D eigenvalue weighted by atomic mass is 9.99. The van der Waals surface area contributed by atoms with Crippen LogP contribution in [-0.4, -0.2) is 87.5 Å². The lowest BCUT2D eigenvalue weighted by Crippen LogP contribution is -2.60. The van der Waals surface area contributed by atoms with E-state index in [1.54, 1.807) is 0 Å². The lowest BCUT2D eigenvalue weighted by molar-refractivity contribution is -0.302. The molecule has 0 aromatic heterocycles. The Balaban J connectivity index is 2.00. The van der Waals surface area contributed by atoms with Gasteiger partial charge in [-0.15, -0.1) is 0 Å². The second-order valence-electron chi connectivity index (χ2n) is 23.3. The molecule has 9 nitrogen and oxygen atoms in total. The Kier molecular flexibility index (Phi) is 53.0. The first kappa shape index (κ1) is 70.9. The predicted molar refractivity (Wildman–Crippen MR) is 314 cm³/mol. The van der Waals surface area contributed by atoms with Gasteiger partial charge < -0.3 is 40.3 Å². The molecule has 0 bridgehead atoms. The van der Waals surface area contributed by atoms with Gasteiger partial charge in [0.05, 0.1) is 25.4 Å². The van der Waals surface area contributed by atoms with Crippen LogP contribution in [0.4, 0.5) is 0 Å². The smallest absolute Gasteiger partial charge is 0.220 e. The molecule has 0 saturated carbocycles. The second kappa shape index (κ2) is 55.3. The number of ether oxygens (including phenoxy) is 2. The first-order valence-electron chi connectivity index (χ1n) is 32.9. The van der Waals surface area contributed by atoms with Crippen molar-refractivity contribution in [3.63, 3.8) is 0 Å². The van der Waals surface area contributed by atoms with E-state index in [2.05, 4.69) is 31.3 Å². The number of hydrogen-bond acceptors (Lipinski definition) is 8. The zero-order valence-electron chi connectivity index (χ0n) is 49.1. The summed E-state index contributed by atoms with van der Waals surface area (Å²) in [5.41, 5.74) is 0. The zero-order valence-corrected chi connectivity index (χ0v) is 49.1. The van der Waals surface area contributed by atoms with Gasteiger partial charge in [0.15, 0.2) is 6.29 Å². The largest absolute Gasteiger partial charge is 0.394 e. The van der Waals surface area contributed by atoms with Gasteiger partial charge >= 0.3 is 0 Å². The van der Waals surface area contributed by atoms with Crippen molar-refractivity contribution < 1.29 is 39.8 Å². The van der Waals surface area contributed by atoms with Gasteiger partial charge in [-0.1, -0.05) is 309 Å². The van der Waals surface area contributed by atoms with Crippen molar-refractivity contribution in [2.24, 2.45) is 0 Å². The molecule has 1 rings (SSSR count). The molecule has 0 aliphatic carbocycles. The minimum atomic E-state index is -1.55. The van der Waals surface area contributed by atoms with Gasteiger partial charge in [0.1, 0.15) is 24.4 Å². The summed E-state index contributed by atoms with van der Waals surface area (Å²) in [7, 11) is 0. The molecule has 1 fully saturated rings. The summed E-state index contributed by atoms with van der Waals surface area (Å²) >= 11 is 0. The molecule has 1 saturated heterocycles. The number of nitrogens with one attached hydrogen (secondary N) is 1. The Labute approximate surface area is 458 Å². The summed E-state index contributed by atoms with van der Waals surface area (Å²) in [6.45, 7) is 3.87. The summed E-state index contributed by atoms with van der Waals surface area (Å²) in [6, 6.07) is -0.715. The van der Waals surface area contributed by atoms with Crippen LogP contribution in [0.5, 0.6) is 0 Å². The number of allylic oxidation sites excluding steroid dienone is 2. The van der Waals surface area contributed by atoms with Crippen LogP contribution in [0.2, 0.25) is 0 Å². The van der Waals surface area contributed by atoms with Crippen molar-refractivity contribution in [3.05, 3.63) is 12.2 Å². The minimum Gasteiger partial charge on any atom is -0.394 e. The summed E-state index contributed by atoms with van der Waals surface area (Å²) in [5.74, 6) is -0.139. The number of amides is 1. The molecule has 74 heavy (non-hydrogen) atoms.